The Bertz CT molecular complexity index is 1070. The number of amides is 2. The van der Waals surface area contributed by atoms with Gasteiger partial charge in [-0.15, -0.1) is 0 Å². The molecule has 3 fully saturated rings. The largest absolute Gasteiger partial charge is 0.474 e. The molecule has 2 N–H and O–H groups in total. The molecule has 2 saturated heterocycles. The molecule has 1 aromatic rings. The van der Waals surface area contributed by atoms with Crippen LogP contribution < -0.4 is 10.2 Å². The van der Waals surface area contributed by atoms with Crippen LogP contribution in [0.15, 0.2) is 23.2 Å². The summed E-state index contributed by atoms with van der Waals surface area (Å²) in [6.45, 7) is 4.60. The number of carbonyl (C=O) groups excluding carboxylic acids is 2. The smallest absolute Gasteiger partial charge is 0.410 e. The summed E-state index contributed by atoms with van der Waals surface area (Å²) in [5, 5.41) is 9.39. The lowest BCUT2D eigenvalue weighted by atomic mass is 9.76. The zero-order chi connectivity index (χ0) is 26.8. The van der Waals surface area contributed by atoms with Gasteiger partial charge in [-0.25, -0.2) is 23.7 Å². The number of nitrogens with zero attached hydrogens (tertiary/aromatic N) is 3. The molecule has 3 aliphatic rings. The van der Waals surface area contributed by atoms with Gasteiger partial charge in [0.25, 0.3) is 5.91 Å². The second-order valence-electron chi connectivity index (χ2n) is 10.6. The molecular weight excluding hydrogens is 504 g/mol. The molecule has 1 aliphatic carbocycles. The Morgan fingerprint density at radius 1 is 1.16 bits per heavy atom. The fraction of sp³-hybridized carbons (Fsp3) is 0.708. The normalized spacial score (nSPS) is 26.1. The average Bonchev–Trinajstić information content (AvgIpc) is 3.18. The van der Waals surface area contributed by atoms with E-state index in [2.05, 4.69) is 18.8 Å². The van der Waals surface area contributed by atoms with Gasteiger partial charge in [0, 0.05) is 25.8 Å². The first-order valence-electron chi connectivity index (χ1n) is 12.6. The Labute approximate surface area is 217 Å². The molecule has 13 heteroatoms. The highest BCUT2D eigenvalue weighted by Gasteiger charge is 2.55. The summed E-state index contributed by atoms with van der Waals surface area (Å²) in [5.41, 5.74) is 1.86. The van der Waals surface area contributed by atoms with Gasteiger partial charge < -0.3 is 14.2 Å². The molecule has 2 amide bonds. The van der Waals surface area contributed by atoms with E-state index in [-0.39, 0.29) is 30.8 Å². The molecule has 3 heterocycles. The van der Waals surface area contributed by atoms with Crippen molar-refractivity contribution < 1.29 is 37.4 Å². The molecule has 4 rings (SSSR count). The number of carbonyl (C=O) groups is 2. The van der Waals surface area contributed by atoms with Gasteiger partial charge in [0.15, 0.2) is 0 Å². The number of aromatic nitrogens is 1. The summed E-state index contributed by atoms with van der Waals surface area (Å²) in [7, 11) is -2.70. The van der Waals surface area contributed by atoms with Gasteiger partial charge in [-0.05, 0) is 50.0 Å². The number of ether oxygens (including phenoxy) is 3. The standard InChI is InChI=1S/C24H36N4O8S/c1-24(2)10-8-17(9-11-24)36-20-7-5-18(14-25-20)37(32,33)27-15-16-4-6-19(21(27)22(29)26-31)28(16)23(30)35-13-12-34-3/h5,7,14,16-17,19,21,31H,4,6,8-13,15H2,1-3H3,(H,26,29)/t16-,19+,21-/m1/s1. The summed E-state index contributed by atoms with van der Waals surface area (Å²) in [5.74, 6) is -0.575. The molecule has 1 aromatic heterocycles. The molecule has 0 unspecified atom stereocenters. The van der Waals surface area contributed by atoms with E-state index >= 15 is 0 Å². The topological polar surface area (TPSA) is 148 Å². The van der Waals surface area contributed by atoms with Crippen LogP contribution in [0.1, 0.15) is 52.4 Å². The van der Waals surface area contributed by atoms with E-state index in [0.717, 1.165) is 30.0 Å². The van der Waals surface area contributed by atoms with E-state index < -0.39 is 40.1 Å². The molecule has 3 atom stereocenters. The minimum Gasteiger partial charge on any atom is -0.474 e. The van der Waals surface area contributed by atoms with Crippen LogP contribution in [0.2, 0.25) is 0 Å². The first-order valence-corrected chi connectivity index (χ1v) is 14.0. The first kappa shape index (κ1) is 27.6. The van der Waals surface area contributed by atoms with Crippen LogP contribution in [0.5, 0.6) is 5.88 Å². The zero-order valence-electron chi connectivity index (χ0n) is 21.5. The number of piperazine rings is 1. The van der Waals surface area contributed by atoms with Crippen molar-refractivity contribution in [3.63, 3.8) is 0 Å². The first-order chi connectivity index (χ1) is 17.6. The minimum absolute atomic E-state index is 0.0306. The van der Waals surface area contributed by atoms with Gasteiger partial charge in [0.05, 0.1) is 18.8 Å². The van der Waals surface area contributed by atoms with Crippen molar-refractivity contribution in [2.24, 2.45) is 5.41 Å². The SMILES string of the molecule is COCCOC(=O)N1[C@@H]2CC[C@H]1[C@H](C(=O)NO)N(S(=O)(=O)c1ccc(OC3CCC(C)(C)CC3)nc1)C2. The van der Waals surface area contributed by atoms with Crippen molar-refractivity contribution in [1.29, 1.82) is 0 Å². The maximum absolute atomic E-state index is 13.6. The highest BCUT2D eigenvalue weighted by Crippen LogP contribution is 2.38. The highest BCUT2D eigenvalue weighted by molar-refractivity contribution is 7.89. The molecule has 12 nitrogen and oxygen atoms in total. The Kier molecular flexibility index (Phi) is 8.26. The second kappa shape index (κ2) is 11.1. The Morgan fingerprint density at radius 2 is 1.89 bits per heavy atom. The van der Waals surface area contributed by atoms with Gasteiger partial charge in [0.2, 0.25) is 15.9 Å². The van der Waals surface area contributed by atoms with Crippen molar-refractivity contribution in [1.82, 2.24) is 19.7 Å². The van der Waals surface area contributed by atoms with Crippen LogP contribution >= 0.6 is 0 Å². The van der Waals surface area contributed by atoms with E-state index in [1.165, 1.54) is 30.3 Å². The van der Waals surface area contributed by atoms with Crippen LogP contribution in [0, 0.1) is 5.41 Å². The van der Waals surface area contributed by atoms with Gasteiger partial charge in [-0.1, -0.05) is 13.8 Å². The van der Waals surface area contributed by atoms with E-state index in [4.69, 9.17) is 14.2 Å². The third-order valence-electron chi connectivity index (χ3n) is 7.60. The lowest BCUT2D eigenvalue weighted by molar-refractivity contribution is -0.136. The Balaban J connectivity index is 1.50. The predicted molar refractivity (Wildman–Crippen MR) is 130 cm³/mol. The number of hydrogen-bond donors (Lipinski definition) is 2. The van der Waals surface area contributed by atoms with Crippen molar-refractivity contribution in [3.8, 4) is 5.88 Å². The molecule has 37 heavy (non-hydrogen) atoms. The van der Waals surface area contributed by atoms with E-state index in [1.54, 1.807) is 5.48 Å². The Hall–Kier alpha value is -2.48. The monoisotopic (exact) mass is 540 g/mol. The number of fused-ring (bicyclic) bond motifs is 2. The summed E-state index contributed by atoms with van der Waals surface area (Å²) in [6.07, 6.45) is 5.41. The molecule has 2 aliphatic heterocycles. The fourth-order valence-corrected chi connectivity index (χ4v) is 7.09. The van der Waals surface area contributed by atoms with Crippen molar-refractivity contribution in [2.45, 2.75) is 81.5 Å². The third-order valence-corrected chi connectivity index (χ3v) is 9.43. The van der Waals surface area contributed by atoms with Gasteiger partial charge in [-0.2, -0.15) is 4.31 Å². The zero-order valence-corrected chi connectivity index (χ0v) is 22.3. The second-order valence-corrected chi connectivity index (χ2v) is 12.5. The van der Waals surface area contributed by atoms with Gasteiger partial charge in [0.1, 0.15) is 23.6 Å². The van der Waals surface area contributed by atoms with E-state index in [0.29, 0.717) is 24.1 Å². The molecule has 0 radical (unpaired) electrons. The minimum atomic E-state index is -4.18. The van der Waals surface area contributed by atoms with Crippen molar-refractivity contribution >= 4 is 22.0 Å². The molecule has 2 bridgehead atoms. The fourth-order valence-electron chi connectivity index (χ4n) is 5.49. The van der Waals surface area contributed by atoms with Gasteiger partial charge >= 0.3 is 6.09 Å². The lowest BCUT2D eigenvalue weighted by Crippen LogP contribution is -2.66. The summed E-state index contributed by atoms with van der Waals surface area (Å²) >= 11 is 0. The van der Waals surface area contributed by atoms with E-state index in [9.17, 15) is 23.2 Å². The Morgan fingerprint density at radius 3 is 2.51 bits per heavy atom. The molecule has 206 valence electrons. The number of hydroxylamine groups is 1. The van der Waals surface area contributed by atoms with Crippen LogP contribution in [-0.4, -0.2) is 90.9 Å². The van der Waals surface area contributed by atoms with Crippen LogP contribution in [0.25, 0.3) is 0 Å². The number of hydrogen-bond acceptors (Lipinski definition) is 9. The number of nitrogens with one attached hydrogen (secondary N) is 1. The average molecular weight is 541 g/mol. The van der Waals surface area contributed by atoms with E-state index in [1.807, 2.05) is 0 Å². The number of pyridine rings is 1. The highest BCUT2D eigenvalue weighted by atomic mass is 32.2. The third kappa shape index (κ3) is 5.84. The summed E-state index contributed by atoms with van der Waals surface area (Å²) in [4.78, 5) is 30.9. The molecule has 0 aromatic carbocycles. The van der Waals surface area contributed by atoms with Crippen LogP contribution in [0.3, 0.4) is 0 Å². The molecule has 1 saturated carbocycles. The number of sulfonamides is 1. The van der Waals surface area contributed by atoms with Crippen LogP contribution in [-0.2, 0) is 24.3 Å². The number of methoxy groups -OCH3 is 1. The quantitative estimate of drug-likeness (QED) is 0.287. The predicted octanol–water partition coefficient (Wildman–Crippen LogP) is 1.92. The maximum Gasteiger partial charge on any atom is 0.410 e. The molecular formula is C24H36N4O8S. The van der Waals surface area contributed by atoms with Crippen molar-refractivity contribution in [3.05, 3.63) is 18.3 Å². The molecule has 0 spiro atoms. The van der Waals surface area contributed by atoms with Gasteiger partial charge in [-0.3, -0.25) is 14.9 Å². The summed E-state index contributed by atoms with van der Waals surface area (Å²) < 4.78 is 44.4. The lowest BCUT2D eigenvalue weighted by Gasteiger charge is -2.44. The maximum atomic E-state index is 13.6. The van der Waals surface area contributed by atoms with Crippen molar-refractivity contribution in [2.75, 3.05) is 26.9 Å². The summed E-state index contributed by atoms with van der Waals surface area (Å²) in [6, 6.07) is 0.341. The van der Waals surface area contributed by atoms with Crippen LogP contribution in [0.4, 0.5) is 4.79 Å². The number of rotatable bonds is 8.